The van der Waals surface area contributed by atoms with Crippen LogP contribution in [-0.2, 0) is 17.8 Å². The summed E-state index contributed by atoms with van der Waals surface area (Å²) in [4.78, 5) is 13.4. The van der Waals surface area contributed by atoms with Crippen LogP contribution in [0.1, 0.15) is 11.3 Å². The Morgan fingerprint density at radius 1 is 1.04 bits per heavy atom. The van der Waals surface area contributed by atoms with E-state index in [2.05, 4.69) is 29.4 Å². The maximum absolute atomic E-state index is 11.8. The highest BCUT2D eigenvalue weighted by atomic mass is 16.5. The van der Waals surface area contributed by atoms with Crippen molar-refractivity contribution < 1.29 is 14.4 Å². The number of carbonyl (C=O) groups is 1. The Labute approximate surface area is 145 Å². The first kappa shape index (κ1) is 15.6. The van der Waals surface area contributed by atoms with Gasteiger partial charge < -0.3 is 14.5 Å². The molecule has 0 spiro atoms. The van der Waals surface area contributed by atoms with Gasteiger partial charge in [0.05, 0.1) is 6.54 Å². The number of aliphatic hydroxyl groups is 1. The average Bonchev–Trinajstić information content (AvgIpc) is 3.11. The van der Waals surface area contributed by atoms with Gasteiger partial charge >= 0.3 is 0 Å². The third-order valence-corrected chi connectivity index (χ3v) is 4.58. The molecular formula is C20H18N2O3. The molecule has 1 N–H and O–H groups in total. The first-order valence-corrected chi connectivity index (χ1v) is 8.28. The Morgan fingerprint density at radius 2 is 1.72 bits per heavy atom. The molecule has 5 nitrogen and oxygen atoms in total. The molecule has 0 fully saturated rings. The molecule has 5 heteroatoms. The van der Waals surface area contributed by atoms with Gasteiger partial charge in [-0.1, -0.05) is 59.8 Å². The van der Waals surface area contributed by atoms with Gasteiger partial charge in [0.25, 0.3) is 0 Å². The smallest absolute Gasteiger partial charge is 0.248 e. The van der Waals surface area contributed by atoms with E-state index in [0.717, 1.165) is 33.7 Å². The summed E-state index contributed by atoms with van der Waals surface area (Å²) in [6.45, 7) is 0.504. The van der Waals surface area contributed by atoms with E-state index in [1.54, 1.807) is 4.90 Å². The lowest BCUT2D eigenvalue weighted by Gasteiger charge is -2.25. The standard InChI is InChI=1S/C20H18N2O3/c23-13-19(24)22-11-10-18-17(12-22)20(21-25-18)16-8-6-15(7-9-16)14-4-2-1-3-5-14/h1-9,23H,10-13H2. The molecule has 1 aliphatic rings. The lowest BCUT2D eigenvalue weighted by Crippen LogP contribution is -2.37. The fourth-order valence-electron chi connectivity index (χ4n) is 3.20. The van der Waals surface area contributed by atoms with E-state index in [0.29, 0.717) is 19.5 Å². The number of amides is 1. The molecule has 3 aromatic rings. The van der Waals surface area contributed by atoms with Crippen molar-refractivity contribution in [2.24, 2.45) is 0 Å². The summed E-state index contributed by atoms with van der Waals surface area (Å²) in [5, 5.41) is 13.3. The predicted octanol–water partition coefficient (Wildman–Crippen LogP) is 2.89. The number of hydrogen-bond donors (Lipinski definition) is 1. The highest BCUT2D eigenvalue weighted by molar-refractivity contribution is 5.78. The molecule has 2 heterocycles. The van der Waals surface area contributed by atoms with E-state index >= 15 is 0 Å². The SMILES string of the molecule is O=C(CO)N1CCc2onc(-c3ccc(-c4ccccc4)cc3)c2C1. The van der Waals surface area contributed by atoms with Gasteiger partial charge in [0.1, 0.15) is 18.1 Å². The van der Waals surface area contributed by atoms with Gasteiger partial charge in [-0.25, -0.2) is 0 Å². The first-order valence-electron chi connectivity index (χ1n) is 8.28. The molecule has 0 saturated heterocycles. The van der Waals surface area contributed by atoms with E-state index in [4.69, 9.17) is 9.63 Å². The minimum absolute atomic E-state index is 0.266. The zero-order valence-corrected chi connectivity index (χ0v) is 13.7. The van der Waals surface area contributed by atoms with Gasteiger partial charge in [0, 0.05) is 24.1 Å². The Kier molecular flexibility index (Phi) is 4.07. The van der Waals surface area contributed by atoms with Crippen LogP contribution < -0.4 is 0 Å². The summed E-state index contributed by atoms with van der Waals surface area (Å²) in [6, 6.07) is 18.3. The minimum atomic E-state index is -0.471. The molecule has 0 bridgehead atoms. The van der Waals surface area contributed by atoms with Crippen molar-refractivity contribution in [2.75, 3.05) is 13.2 Å². The van der Waals surface area contributed by atoms with E-state index < -0.39 is 6.61 Å². The average molecular weight is 334 g/mol. The second-order valence-corrected chi connectivity index (χ2v) is 6.10. The Morgan fingerprint density at radius 3 is 2.44 bits per heavy atom. The van der Waals surface area contributed by atoms with Gasteiger partial charge in [-0.3, -0.25) is 4.79 Å². The quantitative estimate of drug-likeness (QED) is 0.800. The summed E-state index contributed by atoms with van der Waals surface area (Å²) < 4.78 is 5.47. The summed E-state index contributed by atoms with van der Waals surface area (Å²) in [5.74, 6) is 0.557. The number of benzene rings is 2. The van der Waals surface area contributed by atoms with Crippen LogP contribution in [0.2, 0.25) is 0 Å². The van der Waals surface area contributed by atoms with Crippen LogP contribution in [0.5, 0.6) is 0 Å². The van der Waals surface area contributed by atoms with Gasteiger partial charge in [0.15, 0.2) is 0 Å². The Balaban J connectivity index is 1.63. The van der Waals surface area contributed by atoms with Crippen molar-refractivity contribution in [1.29, 1.82) is 0 Å². The van der Waals surface area contributed by atoms with Crippen molar-refractivity contribution in [2.45, 2.75) is 13.0 Å². The Bertz CT molecular complexity index is 885. The molecule has 0 unspecified atom stereocenters. The van der Waals surface area contributed by atoms with Crippen molar-refractivity contribution in [3.63, 3.8) is 0 Å². The maximum Gasteiger partial charge on any atom is 0.248 e. The van der Waals surface area contributed by atoms with Crippen LogP contribution in [0.3, 0.4) is 0 Å². The molecule has 1 aromatic heterocycles. The van der Waals surface area contributed by atoms with E-state index in [1.165, 1.54) is 0 Å². The van der Waals surface area contributed by atoms with Crippen molar-refractivity contribution in [3.05, 3.63) is 65.9 Å². The third kappa shape index (κ3) is 2.94. The number of aromatic nitrogens is 1. The fraction of sp³-hybridized carbons (Fsp3) is 0.200. The molecule has 2 aromatic carbocycles. The van der Waals surface area contributed by atoms with Crippen LogP contribution in [0, 0.1) is 0 Å². The van der Waals surface area contributed by atoms with Gasteiger partial charge in [-0.2, -0.15) is 0 Å². The number of hydrogen-bond acceptors (Lipinski definition) is 4. The molecule has 1 aliphatic heterocycles. The zero-order valence-electron chi connectivity index (χ0n) is 13.7. The number of aliphatic hydroxyl groups excluding tert-OH is 1. The lowest BCUT2D eigenvalue weighted by atomic mass is 9.99. The van der Waals surface area contributed by atoms with Gasteiger partial charge in [-0.15, -0.1) is 0 Å². The normalized spacial score (nSPS) is 13.6. The number of fused-ring (bicyclic) bond motifs is 1. The summed E-state index contributed by atoms with van der Waals surface area (Å²) in [6.07, 6.45) is 0.621. The molecule has 1 amide bonds. The molecule has 0 atom stereocenters. The summed E-state index contributed by atoms with van der Waals surface area (Å²) >= 11 is 0. The second-order valence-electron chi connectivity index (χ2n) is 6.10. The van der Waals surface area contributed by atoms with E-state index in [-0.39, 0.29) is 5.91 Å². The van der Waals surface area contributed by atoms with Crippen molar-refractivity contribution in [1.82, 2.24) is 10.1 Å². The molecule has 25 heavy (non-hydrogen) atoms. The summed E-state index contributed by atoms with van der Waals surface area (Å²) in [5.41, 5.74) is 4.96. The van der Waals surface area contributed by atoms with E-state index in [9.17, 15) is 4.79 Å². The first-order chi connectivity index (χ1) is 12.3. The van der Waals surface area contributed by atoms with Crippen LogP contribution in [0.25, 0.3) is 22.4 Å². The number of rotatable bonds is 3. The highest BCUT2D eigenvalue weighted by Gasteiger charge is 2.27. The predicted molar refractivity (Wildman–Crippen MR) is 93.6 cm³/mol. The van der Waals surface area contributed by atoms with Crippen LogP contribution in [0.15, 0.2) is 59.1 Å². The highest BCUT2D eigenvalue weighted by Crippen LogP contribution is 2.31. The molecular weight excluding hydrogens is 316 g/mol. The van der Waals surface area contributed by atoms with Gasteiger partial charge in [0.2, 0.25) is 5.91 Å². The number of nitrogens with zero attached hydrogens (tertiary/aromatic N) is 2. The molecule has 0 saturated carbocycles. The second kappa shape index (κ2) is 6.53. The van der Waals surface area contributed by atoms with Crippen molar-refractivity contribution >= 4 is 5.91 Å². The lowest BCUT2D eigenvalue weighted by molar-refractivity contribution is -0.135. The number of carbonyl (C=O) groups excluding carboxylic acids is 1. The molecule has 0 radical (unpaired) electrons. The van der Waals surface area contributed by atoms with Gasteiger partial charge in [-0.05, 0) is 11.1 Å². The van der Waals surface area contributed by atoms with Crippen LogP contribution in [-0.4, -0.2) is 34.2 Å². The molecule has 126 valence electrons. The Hall–Kier alpha value is -2.92. The van der Waals surface area contributed by atoms with E-state index in [1.807, 2.05) is 30.3 Å². The van der Waals surface area contributed by atoms with Crippen molar-refractivity contribution in [3.8, 4) is 22.4 Å². The monoisotopic (exact) mass is 334 g/mol. The maximum atomic E-state index is 11.8. The molecule has 4 rings (SSSR count). The summed E-state index contributed by atoms with van der Waals surface area (Å²) in [7, 11) is 0. The molecule has 0 aliphatic carbocycles. The third-order valence-electron chi connectivity index (χ3n) is 4.58. The fourth-order valence-corrected chi connectivity index (χ4v) is 3.20. The van der Waals surface area contributed by atoms with Crippen LogP contribution in [0.4, 0.5) is 0 Å². The largest absolute Gasteiger partial charge is 0.387 e. The topological polar surface area (TPSA) is 66.6 Å². The minimum Gasteiger partial charge on any atom is -0.387 e. The van der Waals surface area contributed by atoms with Crippen LogP contribution >= 0.6 is 0 Å². The zero-order chi connectivity index (χ0) is 17.2.